The number of nitrogens with one attached hydrogen (secondary N) is 1. The first-order chi connectivity index (χ1) is 16.6. The van der Waals surface area contributed by atoms with E-state index in [1.54, 1.807) is 31.4 Å². The maximum absolute atomic E-state index is 12.6. The minimum atomic E-state index is -0.105. The molecule has 1 aliphatic rings. The molecular formula is C28H31N3O3. The molecule has 3 aromatic carbocycles. The Balaban J connectivity index is 1.29. The molecule has 34 heavy (non-hydrogen) atoms. The maximum atomic E-state index is 12.6. The van der Waals surface area contributed by atoms with Crippen LogP contribution in [0.4, 0.5) is 0 Å². The number of likely N-dealkylation sites (tertiary alicyclic amines) is 1. The summed E-state index contributed by atoms with van der Waals surface area (Å²) in [4.78, 5) is 15.0. The van der Waals surface area contributed by atoms with Crippen LogP contribution in [0.1, 0.15) is 39.9 Å². The molecule has 0 unspecified atom stereocenters. The zero-order valence-corrected chi connectivity index (χ0v) is 19.6. The number of hydrogen-bond acceptors (Lipinski definition) is 5. The minimum absolute atomic E-state index is 0.105. The van der Waals surface area contributed by atoms with Gasteiger partial charge in [-0.15, -0.1) is 0 Å². The van der Waals surface area contributed by atoms with Crippen molar-refractivity contribution in [2.45, 2.75) is 32.0 Å². The van der Waals surface area contributed by atoms with Gasteiger partial charge in [0.2, 0.25) is 0 Å². The Morgan fingerprint density at radius 2 is 1.79 bits per heavy atom. The van der Waals surface area contributed by atoms with Gasteiger partial charge in [0, 0.05) is 38.3 Å². The summed E-state index contributed by atoms with van der Waals surface area (Å²) in [6.45, 7) is 4.56. The molecule has 1 fully saturated rings. The van der Waals surface area contributed by atoms with Crippen molar-refractivity contribution in [2.75, 3.05) is 33.4 Å². The third-order valence-corrected chi connectivity index (χ3v) is 6.25. The van der Waals surface area contributed by atoms with E-state index >= 15 is 0 Å². The van der Waals surface area contributed by atoms with E-state index in [1.165, 1.54) is 16.3 Å². The normalized spacial score (nSPS) is 14.7. The molecule has 1 heterocycles. The molecule has 1 aliphatic heterocycles. The van der Waals surface area contributed by atoms with Crippen LogP contribution in [-0.4, -0.2) is 50.3 Å². The Labute approximate surface area is 201 Å². The van der Waals surface area contributed by atoms with Gasteiger partial charge < -0.3 is 14.8 Å². The summed E-state index contributed by atoms with van der Waals surface area (Å²) in [6.07, 6.45) is 1.83. The van der Waals surface area contributed by atoms with Crippen LogP contribution in [0.5, 0.6) is 0 Å². The molecule has 0 atom stereocenters. The van der Waals surface area contributed by atoms with Crippen molar-refractivity contribution < 1.29 is 14.3 Å². The molecule has 1 amide bonds. The number of rotatable bonds is 9. The molecule has 1 N–H and O–H groups in total. The highest BCUT2D eigenvalue weighted by Gasteiger charge is 2.21. The summed E-state index contributed by atoms with van der Waals surface area (Å²) in [5.74, 6) is -0.105. The van der Waals surface area contributed by atoms with Gasteiger partial charge in [-0.25, -0.2) is 0 Å². The largest absolute Gasteiger partial charge is 0.382 e. The molecule has 4 rings (SSSR count). The molecule has 6 nitrogen and oxygen atoms in total. The molecule has 6 heteroatoms. The number of ether oxygens (including phenoxy) is 2. The topological polar surface area (TPSA) is 74.6 Å². The predicted octanol–water partition coefficient (Wildman–Crippen LogP) is 4.27. The second-order valence-electron chi connectivity index (χ2n) is 8.78. The molecule has 0 saturated carbocycles. The molecule has 0 aliphatic carbocycles. The quantitative estimate of drug-likeness (QED) is 0.486. The van der Waals surface area contributed by atoms with Crippen LogP contribution in [-0.2, 0) is 22.6 Å². The smallest absolute Gasteiger partial charge is 0.251 e. The molecule has 0 spiro atoms. The number of fused-ring (bicyclic) bond motifs is 1. The highest BCUT2D eigenvalue weighted by atomic mass is 16.5. The zero-order chi connectivity index (χ0) is 23.8. The second-order valence-corrected chi connectivity index (χ2v) is 8.78. The third kappa shape index (κ3) is 6.42. The first-order valence-electron chi connectivity index (χ1n) is 11.8. The fourth-order valence-corrected chi connectivity index (χ4v) is 4.36. The van der Waals surface area contributed by atoms with E-state index in [0.717, 1.165) is 38.0 Å². The van der Waals surface area contributed by atoms with Crippen molar-refractivity contribution >= 4 is 16.7 Å². The number of benzene rings is 3. The lowest BCUT2D eigenvalue weighted by Gasteiger charge is -2.32. The molecule has 1 saturated heterocycles. The van der Waals surface area contributed by atoms with E-state index < -0.39 is 0 Å². The number of carbonyl (C=O) groups excluding carboxylic acids is 1. The number of nitrogens with zero attached hydrogens (tertiary/aromatic N) is 2. The van der Waals surface area contributed by atoms with Gasteiger partial charge in [0.05, 0.1) is 31.5 Å². The van der Waals surface area contributed by atoms with E-state index in [1.807, 2.05) is 0 Å². The van der Waals surface area contributed by atoms with Crippen LogP contribution in [0.25, 0.3) is 10.8 Å². The molecule has 3 aromatic rings. The van der Waals surface area contributed by atoms with Crippen molar-refractivity contribution in [2.24, 2.45) is 0 Å². The first-order valence-corrected chi connectivity index (χ1v) is 11.8. The van der Waals surface area contributed by atoms with Crippen LogP contribution < -0.4 is 5.32 Å². The molecule has 0 radical (unpaired) electrons. The number of methoxy groups -OCH3 is 1. The van der Waals surface area contributed by atoms with E-state index in [-0.39, 0.29) is 11.9 Å². The summed E-state index contributed by atoms with van der Waals surface area (Å²) < 4.78 is 10.7. The predicted molar refractivity (Wildman–Crippen MR) is 132 cm³/mol. The Bertz CT molecular complexity index is 1160. The van der Waals surface area contributed by atoms with Gasteiger partial charge in [-0.1, -0.05) is 30.3 Å². The second kappa shape index (κ2) is 11.8. The fraction of sp³-hybridized carbons (Fsp3) is 0.357. The van der Waals surface area contributed by atoms with E-state index in [2.05, 4.69) is 52.7 Å². The third-order valence-electron chi connectivity index (χ3n) is 6.25. The number of amides is 1. The van der Waals surface area contributed by atoms with Crippen LogP contribution in [0.3, 0.4) is 0 Å². The average molecular weight is 458 g/mol. The fourth-order valence-electron chi connectivity index (χ4n) is 4.36. The lowest BCUT2D eigenvalue weighted by Crippen LogP contribution is -2.44. The van der Waals surface area contributed by atoms with Crippen LogP contribution in [0, 0.1) is 11.3 Å². The highest BCUT2D eigenvalue weighted by molar-refractivity contribution is 5.94. The van der Waals surface area contributed by atoms with Gasteiger partial charge in [0.15, 0.2) is 0 Å². The van der Waals surface area contributed by atoms with Crippen LogP contribution >= 0.6 is 0 Å². The van der Waals surface area contributed by atoms with Crippen molar-refractivity contribution in [1.29, 1.82) is 5.26 Å². The Kier molecular flexibility index (Phi) is 8.26. The van der Waals surface area contributed by atoms with Crippen LogP contribution in [0.2, 0.25) is 0 Å². The molecule has 0 aromatic heterocycles. The molecule has 0 bridgehead atoms. The van der Waals surface area contributed by atoms with Crippen molar-refractivity contribution in [3.63, 3.8) is 0 Å². The van der Waals surface area contributed by atoms with Crippen molar-refractivity contribution in [3.8, 4) is 6.07 Å². The highest BCUT2D eigenvalue weighted by Crippen LogP contribution is 2.21. The zero-order valence-electron chi connectivity index (χ0n) is 19.6. The van der Waals surface area contributed by atoms with Crippen molar-refractivity contribution in [1.82, 2.24) is 10.2 Å². The van der Waals surface area contributed by atoms with Gasteiger partial charge in [-0.2, -0.15) is 5.26 Å². The summed E-state index contributed by atoms with van der Waals surface area (Å²) in [5, 5.41) is 14.6. The summed E-state index contributed by atoms with van der Waals surface area (Å²) >= 11 is 0. The van der Waals surface area contributed by atoms with E-state index in [9.17, 15) is 4.79 Å². The Hall–Kier alpha value is -3.24. The lowest BCUT2D eigenvalue weighted by molar-refractivity contribution is 0.0617. The Morgan fingerprint density at radius 1 is 1.03 bits per heavy atom. The van der Waals surface area contributed by atoms with Crippen LogP contribution in [0.15, 0.2) is 60.7 Å². The van der Waals surface area contributed by atoms with E-state index in [4.69, 9.17) is 14.7 Å². The summed E-state index contributed by atoms with van der Waals surface area (Å²) in [5.41, 5.74) is 3.50. The van der Waals surface area contributed by atoms with Gasteiger partial charge in [0.1, 0.15) is 0 Å². The maximum Gasteiger partial charge on any atom is 0.251 e. The molecular weight excluding hydrogens is 426 g/mol. The SMILES string of the molecule is COCCOCc1ccc2ccc(CN3CCC(NC(=O)c4cccc(C#N)c4)CC3)cc2c1. The summed E-state index contributed by atoms with van der Waals surface area (Å²) in [6, 6.07) is 22.2. The number of carbonyl (C=O) groups is 1. The van der Waals surface area contributed by atoms with Crippen molar-refractivity contribution in [3.05, 3.63) is 82.9 Å². The number of hydrogen-bond donors (Lipinski definition) is 1. The van der Waals surface area contributed by atoms with Gasteiger partial charge in [-0.3, -0.25) is 9.69 Å². The Morgan fingerprint density at radius 3 is 2.56 bits per heavy atom. The number of nitriles is 1. The minimum Gasteiger partial charge on any atom is -0.382 e. The van der Waals surface area contributed by atoms with Gasteiger partial charge in [0.25, 0.3) is 5.91 Å². The van der Waals surface area contributed by atoms with Gasteiger partial charge in [-0.05, 0) is 65.1 Å². The lowest BCUT2D eigenvalue weighted by atomic mass is 10.0. The average Bonchev–Trinajstić information content (AvgIpc) is 2.87. The standard InChI is InChI=1S/C28H31N3O3/c1-33-13-14-34-20-23-6-8-24-7-5-22(16-26(24)17-23)19-31-11-9-27(10-12-31)30-28(32)25-4-2-3-21(15-25)18-29/h2-8,15-17,27H,9-14,19-20H2,1H3,(H,30,32). The number of piperidine rings is 1. The monoisotopic (exact) mass is 457 g/mol. The first kappa shape index (κ1) is 23.9. The van der Waals surface area contributed by atoms with E-state index in [0.29, 0.717) is 30.9 Å². The summed E-state index contributed by atoms with van der Waals surface area (Å²) in [7, 11) is 1.68. The van der Waals surface area contributed by atoms with Gasteiger partial charge >= 0.3 is 0 Å². The molecule has 176 valence electrons.